The molecule has 2 heterocycles. The van der Waals surface area contributed by atoms with Crippen molar-refractivity contribution in [2.75, 3.05) is 26.2 Å². The van der Waals surface area contributed by atoms with Crippen molar-refractivity contribution in [3.63, 3.8) is 0 Å². The van der Waals surface area contributed by atoms with Crippen molar-refractivity contribution >= 4 is 5.91 Å². The van der Waals surface area contributed by atoms with E-state index in [0.717, 1.165) is 43.3 Å². The Labute approximate surface area is 160 Å². The number of aromatic nitrogens is 1. The second-order valence-corrected chi connectivity index (χ2v) is 8.18. The zero-order chi connectivity index (χ0) is 19.4. The summed E-state index contributed by atoms with van der Waals surface area (Å²) >= 11 is 0. The fraction of sp³-hybridized carbons (Fsp3) is 0.524. The van der Waals surface area contributed by atoms with E-state index in [0.29, 0.717) is 19.5 Å². The van der Waals surface area contributed by atoms with Crippen LogP contribution in [0.2, 0.25) is 0 Å². The van der Waals surface area contributed by atoms with Gasteiger partial charge in [0.15, 0.2) is 0 Å². The number of oxazole rings is 1. The van der Waals surface area contributed by atoms with E-state index in [1.807, 2.05) is 11.1 Å². The lowest BCUT2D eigenvalue weighted by Crippen LogP contribution is -2.36. The lowest BCUT2D eigenvalue weighted by molar-refractivity contribution is -0.130. The van der Waals surface area contributed by atoms with Crippen molar-refractivity contribution in [3.8, 4) is 0 Å². The lowest BCUT2D eigenvalue weighted by Gasteiger charge is -2.21. The summed E-state index contributed by atoms with van der Waals surface area (Å²) in [5, 5.41) is 0. The fourth-order valence-corrected chi connectivity index (χ4v) is 3.19. The Kier molecular flexibility index (Phi) is 5.95. The van der Waals surface area contributed by atoms with E-state index >= 15 is 0 Å². The van der Waals surface area contributed by atoms with Gasteiger partial charge in [0.25, 0.3) is 0 Å². The SMILES string of the molecule is CC(C)(C)c1cnc(CN2CCCN(C(=O)Cc3ccc(F)cc3)CC2)o1. The summed E-state index contributed by atoms with van der Waals surface area (Å²) in [5.74, 6) is 1.43. The minimum atomic E-state index is -0.280. The molecule has 146 valence electrons. The standard InChI is InChI=1S/C21H28FN3O2/c1-21(2,3)18-14-23-19(27-18)15-24-9-4-10-25(12-11-24)20(26)13-16-5-7-17(22)8-6-16/h5-8,14H,4,9-13,15H2,1-3H3. The van der Waals surface area contributed by atoms with Gasteiger partial charge in [-0.05, 0) is 24.1 Å². The van der Waals surface area contributed by atoms with Gasteiger partial charge >= 0.3 is 0 Å². The number of carbonyl (C=O) groups excluding carboxylic acids is 1. The second-order valence-electron chi connectivity index (χ2n) is 8.18. The predicted octanol–water partition coefficient (Wildman–Crippen LogP) is 3.39. The van der Waals surface area contributed by atoms with Crippen LogP contribution in [0, 0.1) is 5.82 Å². The van der Waals surface area contributed by atoms with Crippen LogP contribution in [0.15, 0.2) is 34.9 Å². The first-order valence-corrected chi connectivity index (χ1v) is 9.51. The first kappa shape index (κ1) is 19.5. The topological polar surface area (TPSA) is 49.6 Å². The third-order valence-electron chi connectivity index (χ3n) is 4.86. The van der Waals surface area contributed by atoms with E-state index in [9.17, 15) is 9.18 Å². The molecule has 1 aliphatic heterocycles. The molecule has 0 unspecified atom stereocenters. The Bertz CT molecular complexity index is 764. The van der Waals surface area contributed by atoms with Crippen LogP contribution in [0.5, 0.6) is 0 Å². The van der Waals surface area contributed by atoms with Crippen molar-refractivity contribution in [2.24, 2.45) is 0 Å². The molecule has 2 aromatic rings. The number of amides is 1. The molecule has 1 saturated heterocycles. The van der Waals surface area contributed by atoms with E-state index in [4.69, 9.17) is 4.42 Å². The second kappa shape index (κ2) is 8.21. The third kappa shape index (κ3) is 5.39. The largest absolute Gasteiger partial charge is 0.444 e. The quantitative estimate of drug-likeness (QED) is 0.824. The van der Waals surface area contributed by atoms with Gasteiger partial charge in [-0.25, -0.2) is 9.37 Å². The molecule has 1 aliphatic rings. The molecule has 5 nitrogen and oxygen atoms in total. The van der Waals surface area contributed by atoms with Crippen LogP contribution in [-0.4, -0.2) is 46.9 Å². The van der Waals surface area contributed by atoms with Crippen molar-refractivity contribution in [3.05, 3.63) is 53.5 Å². The molecule has 0 saturated carbocycles. The first-order chi connectivity index (χ1) is 12.8. The molecule has 27 heavy (non-hydrogen) atoms. The van der Waals surface area contributed by atoms with Gasteiger partial charge in [-0.15, -0.1) is 0 Å². The maximum atomic E-state index is 13.0. The van der Waals surface area contributed by atoms with Crippen LogP contribution >= 0.6 is 0 Å². The van der Waals surface area contributed by atoms with Crippen molar-refractivity contribution < 1.29 is 13.6 Å². The zero-order valence-corrected chi connectivity index (χ0v) is 16.4. The van der Waals surface area contributed by atoms with Gasteiger partial charge in [-0.2, -0.15) is 0 Å². The molecule has 1 fully saturated rings. The Hall–Kier alpha value is -2.21. The Balaban J connectivity index is 1.53. The minimum Gasteiger partial charge on any atom is -0.444 e. The van der Waals surface area contributed by atoms with Gasteiger partial charge in [0.05, 0.1) is 19.2 Å². The number of carbonyl (C=O) groups is 1. The summed E-state index contributed by atoms with van der Waals surface area (Å²) in [5.41, 5.74) is 0.796. The smallest absolute Gasteiger partial charge is 0.227 e. The minimum absolute atomic E-state index is 0.0480. The third-order valence-corrected chi connectivity index (χ3v) is 4.86. The van der Waals surface area contributed by atoms with E-state index in [1.165, 1.54) is 12.1 Å². The number of rotatable bonds is 4. The fourth-order valence-electron chi connectivity index (χ4n) is 3.19. The maximum absolute atomic E-state index is 13.0. The van der Waals surface area contributed by atoms with Crippen LogP contribution < -0.4 is 0 Å². The van der Waals surface area contributed by atoms with Crippen LogP contribution in [0.3, 0.4) is 0 Å². The first-order valence-electron chi connectivity index (χ1n) is 9.51. The van der Waals surface area contributed by atoms with Crippen LogP contribution in [-0.2, 0) is 23.2 Å². The van der Waals surface area contributed by atoms with Crippen LogP contribution in [0.1, 0.15) is 44.4 Å². The molecule has 3 rings (SSSR count). The molecule has 0 spiro atoms. The lowest BCUT2D eigenvalue weighted by atomic mass is 9.94. The highest BCUT2D eigenvalue weighted by atomic mass is 19.1. The molecule has 0 radical (unpaired) electrons. The van der Waals surface area contributed by atoms with Crippen LogP contribution in [0.4, 0.5) is 4.39 Å². The average Bonchev–Trinajstić information content (AvgIpc) is 2.96. The maximum Gasteiger partial charge on any atom is 0.227 e. The van der Waals surface area contributed by atoms with E-state index in [1.54, 1.807) is 12.1 Å². The average molecular weight is 373 g/mol. The van der Waals surface area contributed by atoms with Gasteiger partial charge in [0.2, 0.25) is 11.8 Å². The van der Waals surface area contributed by atoms with Gasteiger partial charge < -0.3 is 9.32 Å². The summed E-state index contributed by atoms with van der Waals surface area (Å²) in [6, 6.07) is 6.14. The van der Waals surface area contributed by atoms with Gasteiger partial charge in [-0.3, -0.25) is 9.69 Å². The van der Waals surface area contributed by atoms with E-state index in [2.05, 4.69) is 30.7 Å². The highest BCUT2D eigenvalue weighted by molar-refractivity contribution is 5.78. The molecular weight excluding hydrogens is 345 g/mol. The number of hydrogen-bond acceptors (Lipinski definition) is 4. The summed E-state index contributed by atoms with van der Waals surface area (Å²) in [6.07, 6.45) is 3.04. The summed E-state index contributed by atoms with van der Waals surface area (Å²) in [7, 11) is 0. The monoisotopic (exact) mass is 373 g/mol. The van der Waals surface area contributed by atoms with Gasteiger partial charge in [-0.1, -0.05) is 32.9 Å². The molecule has 1 aromatic heterocycles. The van der Waals surface area contributed by atoms with Crippen molar-refractivity contribution in [2.45, 2.75) is 45.6 Å². The molecule has 0 atom stereocenters. The summed E-state index contributed by atoms with van der Waals surface area (Å²) in [4.78, 5) is 21.2. The summed E-state index contributed by atoms with van der Waals surface area (Å²) < 4.78 is 18.9. The Morgan fingerprint density at radius 1 is 1.15 bits per heavy atom. The van der Waals surface area contributed by atoms with Crippen molar-refractivity contribution in [1.82, 2.24) is 14.8 Å². The molecule has 0 N–H and O–H groups in total. The number of halogens is 1. The van der Waals surface area contributed by atoms with Crippen molar-refractivity contribution in [1.29, 1.82) is 0 Å². The zero-order valence-electron chi connectivity index (χ0n) is 16.4. The molecule has 0 aliphatic carbocycles. The number of hydrogen-bond donors (Lipinski definition) is 0. The Morgan fingerprint density at radius 2 is 1.89 bits per heavy atom. The molecule has 1 amide bonds. The molecule has 1 aromatic carbocycles. The highest BCUT2D eigenvalue weighted by Gasteiger charge is 2.22. The normalized spacial score (nSPS) is 16.4. The molecule has 6 heteroatoms. The summed E-state index contributed by atoms with van der Waals surface area (Å²) in [6.45, 7) is 10.1. The Morgan fingerprint density at radius 3 is 2.56 bits per heavy atom. The predicted molar refractivity (Wildman–Crippen MR) is 102 cm³/mol. The number of benzene rings is 1. The molecule has 0 bridgehead atoms. The molecular formula is C21H28FN3O2. The number of nitrogens with zero attached hydrogens (tertiary/aromatic N) is 3. The van der Waals surface area contributed by atoms with Gasteiger partial charge in [0.1, 0.15) is 11.6 Å². The van der Waals surface area contributed by atoms with Gasteiger partial charge in [0, 0.05) is 31.6 Å². The highest BCUT2D eigenvalue weighted by Crippen LogP contribution is 2.23. The van der Waals surface area contributed by atoms with Crippen LogP contribution in [0.25, 0.3) is 0 Å². The van der Waals surface area contributed by atoms with E-state index < -0.39 is 0 Å². The van der Waals surface area contributed by atoms with E-state index in [-0.39, 0.29) is 17.1 Å².